The van der Waals surface area contributed by atoms with E-state index in [4.69, 9.17) is 4.42 Å². The Morgan fingerprint density at radius 3 is 2.28 bits per heavy atom. The number of furan rings is 1. The lowest BCUT2D eigenvalue weighted by Gasteiger charge is -2.35. The second-order valence-corrected chi connectivity index (χ2v) is 6.44. The summed E-state index contributed by atoms with van der Waals surface area (Å²) in [7, 11) is 0. The minimum atomic E-state index is 0.127. The van der Waals surface area contributed by atoms with Crippen LogP contribution in [0.1, 0.15) is 23.3 Å². The summed E-state index contributed by atoms with van der Waals surface area (Å²) < 4.78 is 5.26. The molecule has 1 aliphatic rings. The fourth-order valence-corrected chi connectivity index (χ4v) is 3.13. The van der Waals surface area contributed by atoms with Crippen molar-refractivity contribution >= 4 is 11.8 Å². The molecule has 1 aliphatic heterocycles. The first kappa shape index (κ1) is 17.3. The summed E-state index contributed by atoms with van der Waals surface area (Å²) >= 11 is 0. The molecule has 2 amide bonds. The third-order valence-corrected chi connectivity index (χ3v) is 4.75. The molecule has 1 aromatic heterocycles. The van der Waals surface area contributed by atoms with Crippen molar-refractivity contribution in [3.05, 3.63) is 59.5 Å². The average molecular weight is 340 g/mol. The van der Waals surface area contributed by atoms with Gasteiger partial charge in [-0.05, 0) is 30.2 Å². The molecule has 5 nitrogen and oxygen atoms in total. The largest absolute Gasteiger partial charge is 0.469 e. The maximum atomic E-state index is 12.5. The molecule has 3 rings (SSSR count). The Kier molecular flexibility index (Phi) is 5.53. The van der Waals surface area contributed by atoms with Crippen LogP contribution >= 0.6 is 0 Å². The predicted octanol–water partition coefficient (Wildman–Crippen LogP) is 2.43. The van der Waals surface area contributed by atoms with Gasteiger partial charge < -0.3 is 14.2 Å². The van der Waals surface area contributed by atoms with Crippen LogP contribution < -0.4 is 0 Å². The van der Waals surface area contributed by atoms with Crippen molar-refractivity contribution in [2.45, 2.75) is 26.2 Å². The Morgan fingerprint density at radius 1 is 0.960 bits per heavy atom. The standard InChI is InChI=1S/C20H24N2O3/c1-16-5-2-3-6-17(16)15-20(24)22-12-10-21(11-13-22)19(23)9-8-18-7-4-14-25-18/h2-7,14H,8-13,15H2,1H3. The van der Waals surface area contributed by atoms with Gasteiger partial charge in [-0.1, -0.05) is 24.3 Å². The van der Waals surface area contributed by atoms with Gasteiger partial charge in [0.25, 0.3) is 0 Å². The van der Waals surface area contributed by atoms with E-state index in [2.05, 4.69) is 0 Å². The molecule has 0 aliphatic carbocycles. The van der Waals surface area contributed by atoms with E-state index in [0.717, 1.165) is 16.9 Å². The Labute approximate surface area is 148 Å². The van der Waals surface area contributed by atoms with Crippen LogP contribution in [0.3, 0.4) is 0 Å². The van der Waals surface area contributed by atoms with Gasteiger partial charge in [0.1, 0.15) is 5.76 Å². The molecule has 132 valence electrons. The predicted molar refractivity (Wildman–Crippen MR) is 95.1 cm³/mol. The first-order chi connectivity index (χ1) is 12.1. The molecule has 25 heavy (non-hydrogen) atoms. The number of carbonyl (C=O) groups excluding carboxylic acids is 2. The number of hydrogen-bond donors (Lipinski definition) is 0. The lowest BCUT2D eigenvalue weighted by molar-refractivity contribution is -0.139. The van der Waals surface area contributed by atoms with Crippen molar-refractivity contribution in [2.24, 2.45) is 0 Å². The van der Waals surface area contributed by atoms with Gasteiger partial charge in [0.15, 0.2) is 0 Å². The van der Waals surface area contributed by atoms with Crippen molar-refractivity contribution in [3.63, 3.8) is 0 Å². The fraction of sp³-hybridized carbons (Fsp3) is 0.400. The zero-order valence-corrected chi connectivity index (χ0v) is 14.6. The maximum Gasteiger partial charge on any atom is 0.227 e. The first-order valence-corrected chi connectivity index (χ1v) is 8.76. The van der Waals surface area contributed by atoms with Gasteiger partial charge in [-0.15, -0.1) is 0 Å². The summed E-state index contributed by atoms with van der Waals surface area (Å²) in [5.41, 5.74) is 2.21. The second kappa shape index (κ2) is 8.01. The van der Waals surface area contributed by atoms with Crippen LogP contribution in [-0.2, 0) is 22.4 Å². The molecule has 0 N–H and O–H groups in total. The molecule has 0 spiro atoms. The van der Waals surface area contributed by atoms with E-state index in [1.165, 1.54) is 0 Å². The molecular formula is C20H24N2O3. The molecule has 0 radical (unpaired) electrons. The van der Waals surface area contributed by atoms with E-state index in [-0.39, 0.29) is 11.8 Å². The van der Waals surface area contributed by atoms with Gasteiger partial charge in [-0.25, -0.2) is 0 Å². The number of aryl methyl sites for hydroxylation is 2. The fourth-order valence-electron chi connectivity index (χ4n) is 3.13. The highest BCUT2D eigenvalue weighted by atomic mass is 16.3. The van der Waals surface area contributed by atoms with Gasteiger partial charge in [0, 0.05) is 39.0 Å². The van der Waals surface area contributed by atoms with E-state index in [1.807, 2.05) is 53.1 Å². The van der Waals surface area contributed by atoms with E-state index in [0.29, 0.717) is 45.4 Å². The normalized spacial score (nSPS) is 14.6. The minimum Gasteiger partial charge on any atom is -0.469 e. The molecule has 0 atom stereocenters. The minimum absolute atomic E-state index is 0.127. The molecule has 2 aromatic rings. The summed E-state index contributed by atoms with van der Waals surface area (Å²) in [6.07, 6.45) is 3.13. The maximum absolute atomic E-state index is 12.5. The second-order valence-electron chi connectivity index (χ2n) is 6.44. The Hall–Kier alpha value is -2.56. The Morgan fingerprint density at radius 2 is 1.64 bits per heavy atom. The molecule has 1 fully saturated rings. The zero-order chi connectivity index (χ0) is 17.6. The molecule has 5 heteroatoms. The summed E-state index contributed by atoms with van der Waals surface area (Å²) in [6.45, 7) is 4.46. The third kappa shape index (κ3) is 4.50. The highest BCUT2D eigenvalue weighted by Gasteiger charge is 2.24. The summed E-state index contributed by atoms with van der Waals surface area (Å²) in [6, 6.07) is 11.7. The number of nitrogens with zero attached hydrogens (tertiary/aromatic N) is 2. The quantitative estimate of drug-likeness (QED) is 0.840. The van der Waals surface area contributed by atoms with Gasteiger partial charge in [0.05, 0.1) is 12.7 Å². The van der Waals surface area contributed by atoms with Crippen molar-refractivity contribution in [1.29, 1.82) is 0 Å². The van der Waals surface area contributed by atoms with E-state index in [9.17, 15) is 9.59 Å². The van der Waals surface area contributed by atoms with E-state index >= 15 is 0 Å². The third-order valence-electron chi connectivity index (χ3n) is 4.75. The topological polar surface area (TPSA) is 53.8 Å². The van der Waals surface area contributed by atoms with Crippen LogP contribution in [0.25, 0.3) is 0 Å². The number of piperazine rings is 1. The lowest BCUT2D eigenvalue weighted by Crippen LogP contribution is -2.51. The van der Waals surface area contributed by atoms with Crippen LogP contribution in [0.4, 0.5) is 0 Å². The molecule has 0 saturated carbocycles. The average Bonchev–Trinajstić information content (AvgIpc) is 3.15. The van der Waals surface area contributed by atoms with E-state index in [1.54, 1.807) is 6.26 Å². The monoisotopic (exact) mass is 340 g/mol. The number of hydrogen-bond acceptors (Lipinski definition) is 3. The van der Waals surface area contributed by atoms with Gasteiger partial charge in [0.2, 0.25) is 11.8 Å². The number of rotatable bonds is 5. The summed E-state index contributed by atoms with van der Waals surface area (Å²) in [4.78, 5) is 28.5. The molecule has 0 bridgehead atoms. The number of carbonyl (C=O) groups is 2. The van der Waals surface area contributed by atoms with Gasteiger partial charge in [-0.3, -0.25) is 9.59 Å². The van der Waals surface area contributed by atoms with Crippen LogP contribution in [0.2, 0.25) is 0 Å². The van der Waals surface area contributed by atoms with Crippen LogP contribution in [-0.4, -0.2) is 47.8 Å². The van der Waals surface area contributed by atoms with Gasteiger partial charge in [-0.2, -0.15) is 0 Å². The Bertz CT molecular complexity index is 716. The van der Waals surface area contributed by atoms with Crippen LogP contribution in [0.15, 0.2) is 47.1 Å². The van der Waals surface area contributed by atoms with Crippen molar-refractivity contribution < 1.29 is 14.0 Å². The summed E-state index contributed by atoms with van der Waals surface area (Å²) in [5, 5.41) is 0. The van der Waals surface area contributed by atoms with Crippen molar-refractivity contribution in [2.75, 3.05) is 26.2 Å². The zero-order valence-electron chi connectivity index (χ0n) is 14.6. The van der Waals surface area contributed by atoms with E-state index < -0.39 is 0 Å². The van der Waals surface area contributed by atoms with Crippen molar-refractivity contribution in [3.8, 4) is 0 Å². The molecular weight excluding hydrogens is 316 g/mol. The smallest absolute Gasteiger partial charge is 0.227 e. The number of amides is 2. The molecule has 1 aromatic carbocycles. The molecule has 2 heterocycles. The summed E-state index contributed by atoms with van der Waals surface area (Å²) in [5.74, 6) is 1.10. The molecule has 1 saturated heterocycles. The highest BCUT2D eigenvalue weighted by Crippen LogP contribution is 2.12. The first-order valence-electron chi connectivity index (χ1n) is 8.76. The van der Waals surface area contributed by atoms with Crippen molar-refractivity contribution in [1.82, 2.24) is 9.80 Å². The van der Waals surface area contributed by atoms with Crippen LogP contribution in [0, 0.1) is 6.92 Å². The van der Waals surface area contributed by atoms with Crippen LogP contribution in [0.5, 0.6) is 0 Å². The van der Waals surface area contributed by atoms with Gasteiger partial charge >= 0.3 is 0 Å². The lowest BCUT2D eigenvalue weighted by atomic mass is 10.1. The highest BCUT2D eigenvalue weighted by molar-refractivity contribution is 5.80. The Balaban J connectivity index is 1.45. The number of benzene rings is 1. The SMILES string of the molecule is Cc1ccccc1CC(=O)N1CCN(C(=O)CCc2ccco2)CC1. The molecule has 0 unspecified atom stereocenters.